The van der Waals surface area contributed by atoms with Crippen LogP contribution < -0.4 is 10.2 Å². The Balaban J connectivity index is 2.11. The Labute approximate surface area is 125 Å². The van der Waals surface area contributed by atoms with E-state index < -0.39 is 0 Å². The molecule has 1 aliphatic rings. The summed E-state index contributed by atoms with van der Waals surface area (Å²) in [6, 6.07) is 9.71. The van der Waals surface area contributed by atoms with Crippen molar-refractivity contribution in [3.63, 3.8) is 0 Å². The summed E-state index contributed by atoms with van der Waals surface area (Å²) in [4.78, 5) is 4.75. The Bertz CT molecular complexity index is 408. The highest BCUT2D eigenvalue weighted by atomic mass is 79.9. The van der Waals surface area contributed by atoms with E-state index in [0.29, 0.717) is 12.1 Å². The molecule has 106 valence electrons. The number of nitrogens with zero attached hydrogens (tertiary/aromatic N) is 2. The molecule has 0 radical (unpaired) electrons. The van der Waals surface area contributed by atoms with Gasteiger partial charge in [0.25, 0.3) is 0 Å². The lowest BCUT2D eigenvalue weighted by Gasteiger charge is -2.28. The minimum Gasteiger partial charge on any atom is -0.370 e. The van der Waals surface area contributed by atoms with Crippen LogP contribution in [0.1, 0.15) is 13.3 Å². The van der Waals surface area contributed by atoms with Crippen molar-refractivity contribution in [1.82, 2.24) is 10.2 Å². The molecule has 19 heavy (non-hydrogen) atoms. The molecule has 1 N–H and O–H groups in total. The van der Waals surface area contributed by atoms with Crippen molar-refractivity contribution in [2.24, 2.45) is 0 Å². The van der Waals surface area contributed by atoms with Crippen LogP contribution in [0.3, 0.4) is 0 Å². The fraction of sp³-hybridized carbons (Fsp3) is 0.600. The van der Waals surface area contributed by atoms with Gasteiger partial charge in [-0.1, -0.05) is 22.0 Å². The van der Waals surface area contributed by atoms with Crippen molar-refractivity contribution in [3.8, 4) is 0 Å². The van der Waals surface area contributed by atoms with E-state index >= 15 is 0 Å². The monoisotopic (exact) mass is 325 g/mol. The summed E-state index contributed by atoms with van der Waals surface area (Å²) in [7, 11) is 4.28. The van der Waals surface area contributed by atoms with Gasteiger partial charge < -0.3 is 15.1 Å². The molecule has 0 spiro atoms. The Morgan fingerprint density at radius 3 is 2.89 bits per heavy atom. The van der Waals surface area contributed by atoms with Crippen LogP contribution >= 0.6 is 15.9 Å². The van der Waals surface area contributed by atoms with Gasteiger partial charge in [-0.15, -0.1) is 0 Å². The smallest absolute Gasteiger partial charge is 0.0378 e. The van der Waals surface area contributed by atoms with E-state index in [0.717, 1.165) is 24.1 Å². The normalized spacial score (nSPS) is 24.6. The van der Waals surface area contributed by atoms with Crippen molar-refractivity contribution in [2.75, 3.05) is 38.6 Å². The third-order valence-corrected chi connectivity index (χ3v) is 4.05. The first-order valence-corrected chi connectivity index (χ1v) is 7.75. The lowest BCUT2D eigenvalue weighted by Crippen LogP contribution is -2.46. The van der Waals surface area contributed by atoms with Gasteiger partial charge >= 0.3 is 0 Å². The lowest BCUT2D eigenvalue weighted by molar-refractivity contribution is 0.330. The summed E-state index contributed by atoms with van der Waals surface area (Å²) in [5.74, 6) is 0. The van der Waals surface area contributed by atoms with Gasteiger partial charge in [0.15, 0.2) is 0 Å². The van der Waals surface area contributed by atoms with E-state index in [9.17, 15) is 0 Å². The van der Waals surface area contributed by atoms with Gasteiger partial charge in [-0.2, -0.15) is 0 Å². The number of benzene rings is 1. The molecule has 1 saturated heterocycles. The number of halogens is 1. The number of rotatable bonds is 3. The average Bonchev–Trinajstić information content (AvgIpc) is 2.50. The molecule has 0 aromatic heterocycles. The third-order valence-electron chi connectivity index (χ3n) is 3.55. The summed E-state index contributed by atoms with van der Waals surface area (Å²) in [5.41, 5.74) is 1.31. The van der Waals surface area contributed by atoms with Crippen LogP contribution in [0.25, 0.3) is 0 Å². The van der Waals surface area contributed by atoms with E-state index in [1.54, 1.807) is 0 Å². The zero-order chi connectivity index (χ0) is 13.8. The van der Waals surface area contributed by atoms with Crippen molar-refractivity contribution < 1.29 is 0 Å². The zero-order valence-electron chi connectivity index (χ0n) is 12.1. The van der Waals surface area contributed by atoms with E-state index in [4.69, 9.17) is 0 Å². The quantitative estimate of drug-likeness (QED) is 0.921. The topological polar surface area (TPSA) is 18.5 Å². The van der Waals surface area contributed by atoms with E-state index in [1.807, 2.05) is 0 Å². The number of hydrogen-bond acceptors (Lipinski definition) is 3. The van der Waals surface area contributed by atoms with Gasteiger partial charge in [0.2, 0.25) is 0 Å². The van der Waals surface area contributed by atoms with Gasteiger partial charge in [-0.25, -0.2) is 0 Å². The summed E-state index contributed by atoms with van der Waals surface area (Å²) >= 11 is 3.57. The molecule has 1 fully saturated rings. The highest BCUT2D eigenvalue weighted by Crippen LogP contribution is 2.22. The van der Waals surface area contributed by atoms with Gasteiger partial charge in [0.05, 0.1) is 0 Å². The number of hydrogen-bond donors (Lipinski definition) is 1. The second-order valence-corrected chi connectivity index (χ2v) is 6.66. The first kappa shape index (κ1) is 14.8. The second-order valence-electron chi connectivity index (χ2n) is 5.74. The molecule has 4 heteroatoms. The third kappa shape index (κ3) is 4.48. The minimum atomic E-state index is 0.520. The summed E-state index contributed by atoms with van der Waals surface area (Å²) in [6.45, 7) is 5.55. The summed E-state index contributed by atoms with van der Waals surface area (Å²) in [5, 5.41) is 3.73. The Morgan fingerprint density at radius 2 is 2.21 bits per heavy atom. The Morgan fingerprint density at radius 1 is 1.42 bits per heavy atom. The molecule has 2 unspecified atom stereocenters. The van der Waals surface area contributed by atoms with Crippen LogP contribution in [0.5, 0.6) is 0 Å². The molecule has 2 rings (SSSR count). The van der Waals surface area contributed by atoms with Crippen molar-refractivity contribution in [2.45, 2.75) is 25.4 Å². The molecule has 2 atom stereocenters. The molecule has 3 nitrogen and oxygen atoms in total. The van der Waals surface area contributed by atoms with Gasteiger partial charge in [0.1, 0.15) is 0 Å². The van der Waals surface area contributed by atoms with Crippen LogP contribution in [0.4, 0.5) is 5.69 Å². The van der Waals surface area contributed by atoms with Gasteiger partial charge in [-0.3, -0.25) is 0 Å². The van der Waals surface area contributed by atoms with E-state index in [-0.39, 0.29) is 0 Å². The molecule has 1 aromatic carbocycles. The maximum Gasteiger partial charge on any atom is 0.0378 e. The molecular formula is C15H24BrN3. The standard InChI is InChI=1S/C15H24BrN3/c1-12-7-8-19(11-14(17-12)10-18(2)3)15-6-4-5-13(16)9-15/h4-6,9,12,14,17H,7-8,10-11H2,1-3H3. The van der Waals surface area contributed by atoms with Crippen molar-refractivity contribution in [1.29, 1.82) is 0 Å². The highest BCUT2D eigenvalue weighted by molar-refractivity contribution is 9.10. The number of likely N-dealkylation sites (N-methyl/N-ethyl adjacent to an activating group) is 1. The van der Waals surface area contributed by atoms with Gasteiger partial charge in [0, 0.05) is 41.9 Å². The SMILES string of the molecule is CC1CCN(c2cccc(Br)c2)CC(CN(C)C)N1. The Hall–Kier alpha value is -0.580. The number of nitrogens with one attached hydrogen (secondary N) is 1. The van der Waals surface area contributed by atoms with Crippen molar-refractivity contribution >= 4 is 21.6 Å². The molecule has 0 saturated carbocycles. The first-order valence-electron chi connectivity index (χ1n) is 6.96. The zero-order valence-corrected chi connectivity index (χ0v) is 13.7. The van der Waals surface area contributed by atoms with Crippen LogP contribution in [0, 0.1) is 0 Å². The van der Waals surface area contributed by atoms with Gasteiger partial charge in [-0.05, 0) is 45.6 Å². The maximum atomic E-state index is 3.73. The largest absolute Gasteiger partial charge is 0.370 e. The fourth-order valence-electron chi connectivity index (χ4n) is 2.70. The predicted molar refractivity (Wildman–Crippen MR) is 85.9 cm³/mol. The van der Waals surface area contributed by atoms with Crippen LogP contribution in [-0.2, 0) is 0 Å². The first-order chi connectivity index (χ1) is 9.04. The second kappa shape index (κ2) is 6.73. The molecule has 0 aliphatic carbocycles. The highest BCUT2D eigenvalue weighted by Gasteiger charge is 2.22. The Kier molecular flexibility index (Phi) is 5.25. The average molecular weight is 326 g/mol. The van der Waals surface area contributed by atoms with Crippen LogP contribution in [-0.4, -0.2) is 50.7 Å². The minimum absolute atomic E-state index is 0.520. The molecule has 1 aliphatic heterocycles. The molecule has 1 heterocycles. The fourth-order valence-corrected chi connectivity index (χ4v) is 3.09. The van der Waals surface area contributed by atoms with Crippen LogP contribution in [0.15, 0.2) is 28.7 Å². The molecular weight excluding hydrogens is 302 g/mol. The lowest BCUT2D eigenvalue weighted by atomic mass is 10.2. The number of anilines is 1. The molecule has 0 amide bonds. The molecule has 0 bridgehead atoms. The summed E-state index contributed by atoms with van der Waals surface area (Å²) in [6.07, 6.45) is 1.19. The molecule has 1 aromatic rings. The predicted octanol–water partition coefficient (Wildman–Crippen LogP) is 2.57. The van der Waals surface area contributed by atoms with E-state index in [2.05, 4.69) is 76.3 Å². The maximum absolute atomic E-state index is 3.73. The summed E-state index contributed by atoms with van der Waals surface area (Å²) < 4.78 is 1.15. The van der Waals surface area contributed by atoms with Crippen LogP contribution in [0.2, 0.25) is 0 Å². The van der Waals surface area contributed by atoms with E-state index in [1.165, 1.54) is 12.1 Å². The van der Waals surface area contributed by atoms with Crippen molar-refractivity contribution in [3.05, 3.63) is 28.7 Å².